The van der Waals surface area contributed by atoms with Crippen molar-refractivity contribution in [3.8, 4) is 0 Å². The molecule has 0 radical (unpaired) electrons. The van der Waals surface area contributed by atoms with Crippen LogP contribution in [0, 0.1) is 151 Å². The van der Waals surface area contributed by atoms with Gasteiger partial charge in [0.2, 0.25) is 0 Å². The summed E-state index contributed by atoms with van der Waals surface area (Å²) in [7, 11) is 0. The molecule has 20 fully saturated rings. The predicted octanol–water partition coefficient (Wildman–Crippen LogP) is 23.9. The van der Waals surface area contributed by atoms with Gasteiger partial charge in [-0.15, -0.1) is 0 Å². The van der Waals surface area contributed by atoms with Crippen LogP contribution in [-0.2, 0) is 47.7 Å². The molecule has 20 aliphatic carbocycles. The highest BCUT2D eigenvalue weighted by atomic mass is 16.6. The Morgan fingerprint density at radius 3 is 0.757 bits per heavy atom. The number of rotatable bonds is 22. The third kappa shape index (κ3) is 15.6. The fourth-order valence-corrected chi connectivity index (χ4v) is 26.6. The number of carbonyl (C=O) groups is 5. The Morgan fingerprint density at radius 2 is 0.515 bits per heavy atom. The summed E-state index contributed by atoms with van der Waals surface area (Å²) in [5, 5.41) is 0. The highest BCUT2D eigenvalue weighted by molar-refractivity contribution is 5.78. The van der Waals surface area contributed by atoms with Gasteiger partial charge in [-0.3, -0.25) is 24.0 Å². The monoisotopic (exact) mass is 1430 g/mol. The predicted molar refractivity (Wildman–Crippen MR) is 415 cm³/mol. The van der Waals surface area contributed by atoms with Crippen molar-refractivity contribution in [1.29, 1.82) is 0 Å². The van der Waals surface area contributed by atoms with Gasteiger partial charge >= 0.3 is 29.8 Å². The van der Waals surface area contributed by atoms with Crippen molar-refractivity contribution in [3.05, 3.63) is 0 Å². The van der Waals surface area contributed by atoms with Crippen LogP contribution in [0.2, 0.25) is 0 Å². The molecule has 20 bridgehead atoms. The lowest BCUT2D eigenvalue weighted by molar-refractivity contribution is -0.231. The zero-order valence-electron chi connectivity index (χ0n) is 70.2. The Bertz CT molecular complexity index is 2790. The lowest BCUT2D eigenvalue weighted by Gasteiger charge is -2.62. The topological polar surface area (TPSA) is 132 Å². The lowest BCUT2D eigenvalue weighted by Crippen LogP contribution is -2.63. The first-order valence-corrected chi connectivity index (χ1v) is 44.5. The van der Waals surface area contributed by atoms with E-state index in [0.29, 0.717) is 65.1 Å². The zero-order chi connectivity index (χ0) is 75.0. The summed E-state index contributed by atoms with van der Waals surface area (Å²) >= 11 is 0. The summed E-state index contributed by atoms with van der Waals surface area (Å²) in [5.41, 5.74) is -2.40. The van der Waals surface area contributed by atoms with E-state index in [1.165, 1.54) is 173 Å². The van der Waals surface area contributed by atoms with Gasteiger partial charge in [0.05, 0.1) is 27.1 Å². The Morgan fingerprint density at radius 1 is 0.291 bits per heavy atom. The first-order valence-electron chi connectivity index (χ1n) is 44.5. The largest absolute Gasteiger partial charge is 0.458 e. The number of hydrogen-bond acceptors (Lipinski definition) is 10. The molecular weight excluding hydrogens is 1280 g/mol. The molecular formula is C93H156O10. The van der Waals surface area contributed by atoms with Gasteiger partial charge in [0, 0.05) is 0 Å². The average molecular weight is 1430 g/mol. The fraction of sp³-hybridized carbons (Fsp3) is 0.946. The van der Waals surface area contributed by atoms with E-state index >= 15 is 0 Å². The number of ether oxygens (including phenoxy) is 5. The van der Waals surface area contributed by atoms with E-state index < -0.39 is 0 Å². The van der Waals surface area contributed by atoms with E-state index in [1.807, 2.05) is 69.2 Å². The molecule has 0 aliphatic heterocycles. The minimum absolute atomic E-state index is 0.0185. The van der Waals surface area contributed by atoms with Crippen molar-refractivity contribution in [2.75, 3.05) is 0 Å². The third-order valence-electron chi connectivity index (χ3n) is 34.4. The maximum Gasteiger partial charge on any atom is 0.312 e. The molecule has 588 valence electrons. The smallest absolute Gasteiger partial charge is 0.312 e. The molecule has 0 spiro atoms. The van der Waals surface area contributed by atoms with Crippen LogP contribution in [0.5, 0.6) is 0 Å². The molecule has 0 aromatic heterocycles. The van der Waals surface area contributed by atoms with Gasteiger partial charge in [-0.25, -0.2) is 0 Å². The highest BCUT2D eigenvalue weighted by Gasteiger charge is 2.65. The average Bonchev–Trinajstić information content (AvgIpc) is 0.744. The molecule has 0 aromatic carbocycles. The maximum atomic E-state index is 12.8. The maximum absolute atomic E-state index is 12.8. The first kappa shape index (κ1) is 81.3. The van der Waals surface area contributed by atoms with Crippen molar-refractivity contribution >= 4 is 29.8 Å². The quantitative estimate of drug-likeness (QED) is 0.0762. The van der Waals surface area contributed by atoms with Crippen LogP contribution in [0.15, 0.2) is 0 Å². The Labute approximate surface area is 630 Å². The third-order valence-corrected chi connectivity index (χ3v) is 34.4. The van der Waals surface area contributed by atoms with E-state index in [2.05, 4.69) is 76.2 Å². The van der Waals surface area contributed by atoms with Crippen LogP contribution in [-0.4, -0.2) is 57.9 Å². The summed E-state index contributed by atoms with van der Waals surface area (Å²) in [6.07, 6.45) is 44.3. The normalized spacial score (nSPS) is 42.0. The second kappa shape index (κ2) is 30.9. The van der Waals surface area contributed by atoms with Crippen molar-refractivity contribution in [2.45, 2.75) is 405 Å². The molecule has 0 N–H and O–H groups in total. The minimum atomic E-state index is -0.351. The minimum Gasteiger partial charge on any atom is -0.458 e. The van der Waals surface area contributed by atoms with Crippen molar-refractivity contribution in [1.82, 2.24) is 0 Å². The van der Waals surface area contributed by atoms with Crippen LogP contribution in [0.1, 0.15) is 377 Å². The Hall–Kier alpha value is -2.65. The standard InChI is InChI=1S/C20H34O2.2C19H32O2.C18H30O2.C17H28O2/c1-5-7-8-20(22-18(21)19(3,4)6-2)16-10-14-9-15(12-16)13-17(20)11-14;1-6-18(4,5)17(20)21-19(12(2)3)15-8-13-7-14(10-15)11-16(19)9-13;1-5-7-19(21-17(20)18(3,4)6-2)15-9-13-8-14(11-15)12-16(19)10-13;1-5-17(3,4)16(19)20-18(6-2)14-8-12-7-13(10-14)11-15(18)9-12;1-5-16(2,3)15(18)19-17(4)13-7-11-6-12(9-13)10-14(17)8-11/h14-17H,5-13H2,1-4H3;12-16H,6-11H2,1-5H3;13-16H,5-12H2,1-4H3;12-15H,5-11H2,1-4H3;11-14H,5-10H2,1-4H3. The molecule has 0 aromatic rings. The number of esters is 5. The molecule has 103 heavy (non-hydrogen) atoms. The van der Waals surface area contributed by atoms with Crippen molar-refractivity contribution in [3.63, 3.8) is 0 Å². The SMILES string of the molecule is CCC(C)(C)C(=O)OC1(C(C)C)C2CC3CC(C2)CC1C3.CCC(C)(C)C(=O)OC1(C)C2CC3CC(C2)CC1C3.CCC(C)(C)C(=O)OC1(CC)C2CC3CC(C2)CC1C3.CCCC1(OC(=O)C(C)(C)CC)C2CC3CC(C2)CC1C3.CCCCC1(OC(=O)C(C)(C)CC)C2CC3CC(C2)CC1C3. The second-order valence-corrected chi connectivity index (χ2v) is 42.9. The number of hydrogen-bond donors (Lipinski definition) is 0. The van der Waals surface area contributed by atoms with Gasteiger partial charge in [-0.2, -0.15) is 0 Å². The second-order valence-electron chi connectivity index (χ2n) is 42.9. The molecule has 0 saturated heterocycles. The van der Waals surface area contributed by atoms with Gasteiger partial charge in [-0.1, -0.05) is 82.1 Å². The molecule has 0 unspecified atom stereocenters. The molecule has 20 aliphatic rings. The van der Waals surface area contributed by atoms with E-state index in [-0.39, 0.29) is 84.9 Å². The summed E-state index contributed by atoms with van der Waals surface area (Å²) in [6.45, 7) is 44.2. The molecule has 20 saturated carbocycles. The summed E-state index contributed by atoms with van der Waals surface area (Å²) < 4.78 is 31.6. The highest BCUT2D eigenvalue weighted by Crippen LogP contribution is 2.67. The first-order chi connectivity index (χ1) is 48.4. The molecule has 0 amide bonds. The fourth-order valence-electron chi connectivity index (χ4n) is 26.6. The number of carbonyl (C=O) groups excluding carboxylic acids is 5. The molecule has 10 nitrogen and oxygen atoms in total. The van der Waals surface area contributed by atoms with Crippen LogP contribution in [0.3, 0.4) is 0 Å². The van der Waals surface area contributed by atoms with E-state index in [0.717, 1.165) is 117 Å². The van der Waals surface area contributed by atoms with Gasteiger partial charge in [0.15, 0.2) is 0 Å². The molecule has 20 rings (SSSR count). The van der Waals surface area contributed by atoms with E-state index in [1.54, 1.807) is 0 Å². The Balaban J connectivity index is 0.000000129. The summed E-state index contributed by atoms with van der Waals surface area (Å²) in [4.78, 5) is 63.5. The molecule has 10 heteroatoms. The van der Waals surface area contributed by atoms with Crippen molar-refractivity contribution < 1.29 is 47.7 Å². The zero-order valence-corrected chi connectivity index (χ0v) is 70.2. The summed E-state index contributed by atoms with van der Waals surface area (Å²) in [5.74, 6) is 16.2. The van der Waals surface area contributed by atoms with Crippen molar-refractivity contribution in [2.24, 2.45) is 151 Å². The van der Waals surface area contributed by atoms with Gasteiger partial charge in [0.1, 0.15) is 28.0 Å². The Kier molecular flexibility index (Phi) is 24.4. The van der Waals surface area contributed by atoms with Gasteiger partial charge in [0.25, 0.3) is 0 Å². The molecule has 0 atom stereocenters. The van der Waals surface area contributed by atoms with Crippen LogP contribution < -0.4 is 0 Å². The van der Waals surface area contributed by atoms with Crippen LogP contribution >= 0.6 is 0 Å². The van der Waals surface area contributed by atoms with Gasteiger partial charge in [-0.05, 0) is 419 Å². The number of unbranched alkanes of at least 4 members (excludes halogenated alkanes) is 1. The van der Waals surface area contributed by atoms with Crippen LogP contribution in [0.4, 0.5) is 0 Å². The lowest BCUT2D eigenvalue weighted by atomic mass is 9.47. The molecule has 0 heterocycles. The summed E-state index contributed by atoms with van der Waals surface area (Å²) in [6, 6.07) is 0. The van der Waals surface area contributed by atoms with Gasteiger partial charge < -0.3 is 23.7 Å². The van der Waals surface area contributed by atoms with Crippen LogP contribution in [0.25, 0.3) is 0 Å². The van der Waals surface area contributed by atoms with E-state index in [4.69, 9.17) is 23.7 Å². The van der Waals surface area contributed by atoms with E-state index in [9.17, 15) is 24.0 Å².